The standard InChI is InChI=1S/C15H21NO3/c1-2-13(10-12-6-4-3-5-7-12)16-8-9-19-14(11-16)15(17)18/h3-7,13-14H,2,8-11H2,1H3,(H,17,18). The lowest BCUT2D eigenvalue weighted by atomic mass is 10.0. The summed E-state index contributed by atoms with van der Waals surface area (Å²) in [4.78, 5) is 13.3. The number of ether oxygens (including phenoxy) is 1. The van der Waals surface area contributed by atoms with Gasteiger partial charge in [-0.05, 0) is 18.4 Å². The Morgan fingerprint density at radius 1 is 1.47 bits per heavy atom. The number of hydrogen-bond acceptors (Lipinski definition) is 3. The molecule has 1 aromatic rings. The number of carboxylic acids is 1. The van der Waals surface area contributed by atoms with Gasteiger partial charge < -0.3 is 9.84 Å². The van der Waals surface area contributed by atoms with Gasteiger partial charge in [-0.3, -0.25) is 4.90 Å². The first-order chi connectivity index (χ1) is 9.20. The Hall–Kier alpha value is -1.39. The highest BCUT2D eigenvalue weighted by Gasteiger charge is 2.29. The van der Waals surface area contributed by atoms with E-state index in [4.69, 9.17) is 9.84 Å². The minimum atomic E-state index is -0.862. The summed E-state index contributed by atoms with van der Waals surface area (Å²) in [5, 5.41) is 9.05. The van der Waals surface area contributed by atoms with Gasteiger partial charge in [-0.1, -0.05) is 37.3 Å². The summed E-state index contributed by atoms with van der Waals surface area (Å²) in [5.74, 6) is -0.862. The smallest absolute Gasteiger partial charge is 0.334 e. The van der Waals surface area contributed by atoms with Crippen molar-refractivity contribution in [3.8, 4) is 0 Å². The summed E-state index contributed by atoms with van der Waals surface area (Å²) < 4.78 is 5.27. The zero-order valence-electron chi connectivity index (χ0n) is 11.3. The van der Waals surface area contributed by atoms with E-state index in [2.05, 4.69) is 24.0 Å². The van der Waals surface area contributed by atoms with E-state index in [9.17, 15) is 4.79 Å². The number of nitrogens with zero attached hydrogens (tertiary/aromatic N) is 1. The van der Waals surface area contributed by atoms with Crippen LogP contribution in [-0.2, 0) is 16.0 Å². The van der Waals surface area contributed by atoms with E-state index in [-0.39, 0.29) is 0 Å². The van der Waals surface area contributed by atoms with Crippen LogP contribution in [0.2, 0.25) is 0 Å². The van der Waals surface area contributed by atoms with Gasteiger partial charge in [0.05, 0.1) is 6.61 Å². The Labute approximate surface area is 114 Å². The molecule has 0 spiro atoms. The van der Waals surface area contributed by atoms with E-state index in [1.54, 1.807) is 0 Å². The molecule has 2 rings (SSSR count). The molecule has 0 saturated carbocycles. The van der Waals surface area contributed by atoms with Crippen molar-refractivity contribution < 1.29 is 14.6 Å². The Balaban J connectivity index is 1.99. The molecule has 4 heteroatoms. The average molecular weight is 263 g/mol. The summed E-state index contributed by atoms with van der Waals surface area (Å²) in [5.41, 5.74) is 1.30. The zero-order chi connectivity index (χ0) is 13.7. The van der Waals surface area contributed by atoms with Crippen LogP contribution in [0, 0.1) is 0 Å². The van der Waals surface area contributed by atoms with E-state index in [1.165, 1.54) is 5.56 Å². The highest BCUT2D eigenvalue weighted by Crippen LogP contribution is 2.16. The molecule has 1 aliphatic rings. The van der Waals surface area contributed by atoms with E-state index >= 15 is 0 Å². The predicted molar refractivity (Wildman–Crippen MR) is 73.2 cm³/mol. The summed E-state index contributed by atoms with van der Waals surface area (Å²) in [6, 6.07) is 10.7. The van der Waals surface area contributed by atoms with Gasteiger partial charge in [0.2, 0.25) is 0 Å². The van der Waals surface area contributed by atoms with Gasteiger partial charge in [-0.15, -0.1) is 0 Å². The SMILES string of the molecule is CCC(Cc1ccccc1)N1CCOC(C(=O)O)C1. The number of aliphatic carboxylic acids is 1. The fourth-order valence-corrected chi connectivity index (χ4v) is 2.57. The molecule has 0 radical (unpaired) electrons. The van der Waals surface area contributed by atoms with Crippen LogP contribution in [0.5, 0.6) is 0 Å². The van der Waals surface area contributed by atoms with Crippen LogP contribution in [-0.4, -0.2) is 47.8 Å². The van der Waals surface area contributed by atoms with Gasteiger partial charge in [-0.2, -0.15) is 0 Å². The molecule has 0 amide bonds. The van der Waals surface area contributed by atoms with Crippen molar-refractivity contribution in [2.75, 3.05) is 19.7 Å². The molecule has 19 heavy (non-hydrogen) atoms. The molecule has 1 N–H and O–H groups in total. The molecule has 0 aliphatic carbocycles. The summed E-state index contributed by atoms with van der Waals surface area (Å²) in [7, 11) is 0. The molecule has 2 unspecified atom stereocenters. The predicted octanol–water partition coefficient (Wildman–Crippen LogP) is 1.79. The molecule has 1 aliphatic heterocycles. The van der Waals surface area contributed by atoms with E-state index in [1.807, 2.05) is 18.2 Å². The minimum absolute atomic E-state index is 0.383. The fourth-order valence-electron chi connectivity index (χ4n) is 2.57. The fraction of sp³-hybridized carbons (Fsp3) is 0.533. The molecule has 104 valence electrons. The van der Waals surface area contributed by atoms with Crippen molar-refractivity contribution in [3.05, 3.63) is 35.9 Å². The van der Waals surface area contributed by atoms with Crippen LogP contribution in [0.3, 0.4) is 0 Å². The number of carboxylic acid groups (broad SMARTS) is 1. The summed E-state index contributed by atoms with van der Waals surface area (Å²) >= 11 is 0. The first kappa shape index (κ1) is 14.0. The minimum Gasteiger partial charge on any atom is -0.479 e. The average Bonchev–Trinajstić information content (AvgIpc) is 2.46. The van der Waals surface area contributed by atoms with Crippen LogP contribution in [0.15, 0.2) is 30.3 Å². The van der Waals surface area contributed by atoms with Gasteiger partial charge in [0.25, 0.3) is 0 Å². The number of benzene rings is 1. The Morgan fingerprint density at radius 3 is 2.84 bits per heavy atom. The van der Waals surface area contributed by atoms with E-state index in [0.717, 1.165) is 19.4 Å². The number of carbonyl (C=O) groups is 1. The van der Waals surface area contributed by atoms with E-state index < -0.39 is 12.1 Å². The van der Waals surface area contributed by atoms with Gasteiger partial charge in [0, 0.05) is 19.1 Å². The molecule has 4 nitrogen and oxygen atoms in total. The van der Waals surface area contributed by atoms with Crippen LogP contribution in [0.4, 0.5) is 0 Å². The normalized spacial score (nSPS) is 22.1. The first-order valence-electron chi connectivity index (χ1n) is 6.83. The first-order valence-corrected chi connectivity index (χ1v) is 6.83. The second-order valence-electron chi connectivity index (χ2n) is 4.94. The Morgan fingerprint density at radius 2 is 2.21 bits per heavy atom. The van der Waals surface area contributed by atoms with Crippen molar-refractivity contribution in [1.82, 2.24) is 4.90 Å². The molecule has 0 bridgehead atoms. The van der Waals surface area contributed by atoms with Gasteiger partial charge in [0.1, 0.15) is 0 Å². The molecule has 1 fully saturated rings. The molecule has 2 atom stereocenters. The summed E-state index contributed by atoms with van der Waals surface area (Å²) in [6.07, 6.45) is 1.30. The van der Waals surface area contributed by atoms with Crippen molar-refractivity contribution in [3.63, 3.8) is 0 Å². The highest BCUT2D eigenvalue weighted by atomic mass is 16.5. The molecule has 1 aromatic carbocycles. The number of hydrogen-bond donors (Lipinski definition) is 1. The monoisotopic (exact) mass is 263 g/mol. The van der Waals surface area contributed by atoms with Crippen molar-refractivity contribution in [2.45, 2.75) is 31.9 Å². The van der Waals surface area contributed by atoms with Gasteiger partial charge >= 0.3 is 5.97 Å². The third kappa shape index (κ3) is 3.78. The topological polar surface area (TPSA) is 49.8 Å². The largest absolute Gasteiger partial charge is 0.479 e. The second kappa shape index (κ2) is 6.68. The Kier molecular flexibility index (Phi) is 4.93. The third-order valence-corrected chi connectivity index (χ3v) is 3.68. The third-order valence-electron chi connectivity index (χ3n) is 3.68. The van der Waals surface area contributed by atoms with Crippen LogP contribution in [0.1, 0.15) is 18.9 Å². The maximum Gasteiger partial charge on any atom is 0.334 e. The van der Waals surface area contributed by atoms with Crippen LogP contribution >= 0.6 is 0 Å². The lowest BCUT2D eigenvalue weighted by Gasteiger charge is -2.36. The zero-order valence-corrected chi connectivity index (χ0v) is 11.3. The Bertz CT molecular complexity index is 407. The number of rotatable bonds is 5. The quantitative estimate of drug-likeness (QED) is 0.880. The molecular formula is C15H21NO3. The summed E-state index contributed by atoms with van der Waals surface area (Å²) in [6.45, 7) is 3.96. The molecule has 1 heterocycles. The maximum absolute atomic E-state index is 11.0. The van der Waals surface area contributed by atoms with Crippen molar-refractivity contribution in [2.24, 2.45) is 0 Å². The lowest BCUT2D eigenvalue weighted by molar-refractivity contribution is -0.157. The van der Waals surface area contributed by atoms with Crippen molar-refractivity contribution >= 4 is 5.97 Å². The second-order valence-corrected chi connectivity index (χ2v) is 4.94. The highest BCUT2D eigenvalue weighted by molar-refractivity contribution is 5.72. The number of morpholine rings is 1. The lowest BCUT2D eigenvalue weighted by Crippen LogP contribution is -2.50. The van der Waals surface area contributed by atoms with E-state index in [0.29, 0.717) is 19.2 Å². The van der Waals surface area contributed by atoms with Crippen LogP contribution in [0.25, 0.3) is 0 Å². The molecule has 0 aromatic heterocycles. The maximum atomic E-state index is 11.0. The van der Waals surface area contributed by atoms with Gasteiger partial charge in [-0.25, -0.2) is 4.79 Å². The van der Waals surface area contributed by atoms with Crippen LogP contribution < -0.4 is 0 Å². The molecule has 1 saturated heterocycles. The van der Waals surface area contributed by atoms with Crippen molar-refractivity contribution in [1.29, 1.82) is 0 Å². The van der Waals surface area contributed by atoms with Gasteiger partial charge in [0.15, 0.2) is 6.10 Å². The molecular weight excluding hydrogens is 242 g/mol.